The minimum absolute atomic E-state index is 0.101. The van der Waals surface area contributed by atoms with E-state index in [9.17, 15) is 13.2 Å². The third-order valence-corrected chi connectivity index (χ3v) is 6.22. The van der Waals surface area contributed by atoms with E-state index in [1.165, 1.54) is 0 Å². The van der Waals surface area contributed by atoms with E-state index in [-0.39, 0.29) is 5.91 Å². The molecule has 1 unspecified atom stereocenters. The molecule has 0 bridgehead atoms. The van der Waals surface area contributed by atoms with Gasteiger partial charge in [-0.05, 0) is 65.6 Å². The van der Waals surface area contributed by atoms with Gasteiger partial charge in [0.15, 0.2) is 0 Å². The van der Waals surface area contributed by atoms with Gasteiger partial charge in [-0.1, -0.05) is 36.4 Å². The van der Waals surface area contributed by atoms with Crippen molar-refractivity contribution in [1.29, 1.82) is 0 Å². The molecule has 1 amide bonds. The first-order valence-electron chi connectivity index (χ1n) is 10.2. The summed E-state index contributed by atoms with van der Waals surface area (Å²) in [6, 6.07) is 22.9. The van der Waals surface area contributed by atoms with E-state index in [0.29, 0.717) is 5.69 Å². The lowest BCUT2D eigenvalue weighted by Gasteiger charge is -2.14. The Bertz CT molecular complexity index is 1500. The molecule has 2 heterocycles. The number of hydrogen-bond acceptors (Lipinski definition) is 4. The molecule has 3 aromatic carbocycles. The summed E-state index contributed by atoms with van der Waals surface area (Å²) in [5.41, 5.74) is 6.41. The second-order valence-electron chi connectivity index (χ2n) is 8.06. The summed E-state index contributed by atoms with van der Waals surface area (Å²) in [6.45, 7) is 1.98. The summed E-state index contributed by atoms with van der Waals surface area (Å²) in [5.74, 6) is -0.609. The SMILES string of the molecule is Cc1cc2ccccc2nc1C1C(=O)Nc2ccc(-c3cccc(NS(C)(=O)=O)c3)cc21. The van der Waals surface area contributed by atoms with Crippen molar-refractivity contribution in [2.24, 2.45) is 0 Å². The van der Waals surface area contributed by atoms with Crippen LogP contribution >= 0.6 is 0 Å². The minimum Gasteiger partial charge on any atom is -0.325 e. The van der Waals surface area contributed by atoms with Crippen LogP contribution in [0.4, 0.5) is 11.4 Å². The molecule has 1 aliphatic rings. The molecule has 2 N–H and O–H groups in total. The van der Waals surface area contributed by atoms with Gasteiger partial charge in [-0.3, -0.25) is 14.5 Å². The molecule has 0 fully saturated rings. The topological polar surface area (TPSA) is 88.2 Å². The van der Waals surface area contributed by atoms with E-state index in [1.54, 1.807) is 18.2 Å². The first-order chi connectivity index (χ1) is 15.3. The molecule has 7 heteroatoms. The summed E-state index contributed by atoms with van der Waals surface area (Å²) in [6.07, 6.45) is 1.12. The molecule has 32 heavy (non-hydrogen) atoms. The second kappa shape index (κ2) is 7.46. The van der Waals surface area contributed by atoms with Crippen LogP contribution in [0.15, 0.2) is 72.8 Å². The van der Waals surface area contributed by atoms with E-state index in [1.807, 2.05) is 55.5 Å². The maximum absolute atomic E-state index is 13.0. The lowest BCUT2D eigenvalue weighted by Crippen LogP contribution is -2.15. The van der Waals surface area contributed by atoms with Crippen LogP contribution in [-0.2, 0) is 14.8 Å². The van der Waals surface area contributed by atoms with E-state index < -0.39 is 15.9 Å². The number of hydrogen-bond donors (Lipinski definition) is 2. The van der Waals surface area contributed by atoms with Crippen LogP contribution in [0.25, 0.3) is 22.0 Å². The molecule has 5 rings (SSSR count). The van der Waals surface area contributed by atoms with E-state index >= 15 is 0 Å². The number of para-hydroxylation sites is 1. The summed E-state index contributed by atoms with van der Waals surface area (Å²) < 4.78 is 25.7. The molecule has 6 nitrogen and oxygen atoms in total. The molecular formula is C25H21N3O3S. The number of amides is 1. The first-order valence-corrected chi connectivity index (χ1v) is 12.1. The van der Waals surface area contributed by atoms with Crippen LogP contribution in [0.3, 0.4) is 0 Å². The molecule has 4 aromatic rings. The molecule has 0 spiro atoms. The minimum atomic E-state index is -3.37. The fourth-order valence-corrected chi connectivity index (χ4v) is 4.77. The smallest absolute Gasteiger partial charge is 0.238 e. The lowest BCUT2D eigenvalue weighted by atomic mass is 9.91. The van der Waals surface area contributed by atoms with Crippen LogP contribution in [0.1, 0.15) is 22.7 Å². The van der Waals surface area contributed by atoms with Crippen molar-refractivity contribution >= 4 is 38.2 Å². The quantitative estimate of drug-likeness (QED) is 0.480. The number of aromatic nitrogens is 1. The highest BCUT2D eigenvalue weighted by molar-refractivity contribution is 7.92. The average Bonchev–Trinajstić information content (AvgIpc) is 3.07. The second-order valence-corrected chi connectivity index (χ2v) is 9.81. The third-order valence-electron chi connectivity index (χ3n) is 5.61. The van der Waals surface area contributed by atoms with Gasteiger partial charge in [0.25, 0.3) is 0 Å². The van der Waals surface area contributed by atoms with Crippen molar-refractivity contribution in [3.63, 3.8) is 0 Å². The predicted molar refractivity (Wildman–Crippen MR) is 127 cm³/mol. The Morgan fingerprint density at radius 2 is 1.72 bits per heavy atom. The Labute approximate surface area is 186 Å². The van der Waals surface area contributed by atoms with Gasteiger partial charge in [0.1, 0.15) is 5.92 Å². The summed E-state index contributed by atoms with van der Waals surface area (Å²) >= 11 is 0. The van der Waals surface area contributed by atoms with Crippen molar-refractivity contribution < 1.29 is 13.2 Å². The van der Waals surface area contributed by atoms with Gasteiger partial charge in [-0.2, -0.15) is 0 Å². The number of nitrogens with zero attached hydrogens (tertiary/aromatic N) is 1. The Hall–Kier alpha value is -3.71. The number of rotatable bonds is 4. The molecule has 0 radical (unpaired) electrons. The fourth-order valence-electron chi connectivity index (χ4n) is 4.22. The Balaban J connectivity index is 1.59. The van der Waals surface area contributed by atoms with Crippen LogP contribution in [0, 0.1) is 6.92 Å². The molecule has 0 saturated heterocycles. The van der Waals surface area contributed by atoms with Crippen LogP contribution in [-0.4, -0.2) is 25.6 Å². The van der Waals surface area contributed by atoms with E-state index in [4.69, 9.17) is 4.98 Å². The highest BCUT2D eigenvalue weighted by atomic mass is 32.2. The average molecular weight is 444 g/mol. The summed E-state index contributed by atoms with van der Waals surface area (Å²) in [5, 5.41) is 4.01. The van der Waals surface area contributed by atoms with Crippen LogP contribution in [0.5, 0.6) is 0 Å². The first kappa shape index (κ1) is 20.2. The summed E-state index contributed by atoms with van der Waals surface area (Å²) in [4.78, 5) is 17.8. The molecule has 1 aliphatic heterocycles. The van der Waals surface area contributed by atoms with Crippen molar-refractivity contribution in [3.8, 4) is 11.1 Å². The number of benzene rings is 3. The van der Waals surface area contributed by atoms with Gasteiger partial charge < -0.3 is 5.32 Å². The van der Waals surface area contributed by atoms with Gasteiger partial charge in [-0.25, -0.2) is 8.42 Å². The number of aryl methyl sites for hydroxylation is 1. The zero-order valence-electron chi connectivity index (χ0n) is 17.6. The van der Waals surface area contributed by atoms with E-state index in [0.717, 1.165) is 50.8 Å². The standard InChI is InChI=1S/C25H21N3O3S/c1-15-12-18-6-3-4-9-21(18)26-24(15)23-20-14-17(10-11-22(20)27-25(23)29)16-7-5-8-19(13-16)28-32(2,30)31/h3-14,23,28H,1-2H3,(H,27,29). The number of carbonyl (C=O) groups is 1. The monoisotopic (exact) mass is 443 g/mol. The molecule has 0 saturated carbocycles. The van der Waals surface area contributed by atoms with Crippen molar-refractivity contribution in [2.75, 3.05) is 16.3 Å². The van der Waals surface area contributed by atoms with E-state index in [2.05, 4.69) is 16.1 Å². The van der Waals surface area contributed by atoms with Gasteiger partial charge >= 0.3 is 0 Å². The van der Waals surface area contributed by atoms with Crippen molar-refractivity contribution in [2.45, 2.75) is 12.8 Å². The van der Waals surface area contributed by atoms with Crippen molar-refractivity contribution in [1.82, 2.24) is 4.98 Å². The molecule has 1 atom stereocenters. The van der Waals surface area contributed by atoms with Gasteiger partial charge in [0.2, 0.25) is 15.9 Å². The number of anilines is 2. The zero-order valence-corrected chi connectivity index (χ0v) is 18.4. The number of pyridine rings is 1. The zero-order chi connectivity index (χ0) is 22.5. The summed E-state index contributed by atoms with van der Waals surface area (Å²) in [7, 11) is -3.37. The Kier molecular flexibility index (Phi) is 4.71. The third kappa shape index (κ3) is 3.71. The highest BCUT2D eigenvalue weighted by Gasteiger charge is 2.34. The maximum Gasteiger partial charge on any atom is 0.238 e. The van der Waals surface area contributed by atoms with Gasteiger partial charge in [0.05, 0.1) is 17.5 Å². The highest BCUT2D eigenvalue weighted by Crippen LogP contribution is 2.40. The maximum atomic E-state index is 13.0. The largest absolute Gasteiger partial charge is 0.325 e. The van der Waals surface area contributed by atoms with Crippen molar-refractivity contribution in [3.05, 3.63) is 89.6 Å². The molecule has 160 valence electrons. The van der Waals surface area contributed by atoms with Crippen LogP contribution in [0.2, 0.25) is 0 Å². The Morgan fingerprint density at radius 3 is 2.53 bits per heavy atom. The van der Waals surface area contributed by atoms with Gasteiger partial charge in [0, 0.05) is 16.8 Å². The molecule has 0 aliphatic carbocycles. The number of carbonyl (C=O) groups excluding carboxylic acids is 1. The Morgan fingerprint density at radius 1 is 0.938 bits per heavy atom. The molecule has 1 aromatic heterocycles. The lowest BCUT2D eigenvalue weighted by molar-refractivity contribution is -0.116. The number of sulfonamides is 1. The molecular weight excluding hydrogens is 422 g/mol. The fraction of sp³-hybridized carbons (Fsp3) is 0.120. The van der Waals surface area contributed by atoms with Crippen LogP contribution < -0.4 is 10.0 Å². The number of fused-ring (bicyclic) bond motifs is 2. The van der Waals surface area contributed by atoms with Gasteiger partial charge in [-0.15, -0.1) is 0 Å². The number of nitrogens with one attached hydrogen (secondary N) is 2. The normalized spacial score (nSPS) is 15.4. The predicted octanol–water partition coefficient (Wildman–Crippen LogP) is 4.67.